The molecule has 2 aliphatic carbocycles. The summed E-state index contributed by atoms with van der Waals surface area (Å²) in [5, 5.41) is 0. The quantitative estimate of drug-likeness (QED) is 0.641. The van der Waals surface area contributed by atoms with Crippen LogP contribution in [-0.4, -0.2) is 6.10 Å². The van der Waals surface area contributed by atoms with Gasteiger partial charge in [-0.3, -0.25) is 0 Å². The molecule has 2 aromatic rings. The van der Waals surface area contributed by atoms with Crippen molar-refractivity contribution in [2.75, 3.05) is 0 Å². The molecule has 0 bridgehead atoms. The summed E-state index contributed by atoms with van der Waals surface area (Å²) < 4.78 is 6.68. The first-order chi connectivity index (χ1) is 10.9. The standard InChI is InChI=1S/C21H22O/c1-2-4-14-20-19(13-3-1)21(22-20)17-11-7-5-9-15(17)16-10-6-8-12-18(16)21/h5-12,19-20H,1-4,13-14H2/t19-,20-/m1/s1. The lowest BCUT2D eigenvalue weighted by Gasteiger charge is -2.55. The average molecular weight is 290 g/mol. The number of hydrogen-bond acceptors (Lipinski definition) is 1. The Balaban J connectivity index is 1.68. The van der Waals surface area contributed by atoms with Crippen LogP contribution in [0.15, 0.2) is 48.5 Å². The van der Waals surface area contributed by atoms with Crippen LogP contribution in [0.5, 0.6) is 0 Å². The third kappa shape index (κ3) is 1.53. The van der Waals surface area contributed by atoms with Crippen molar-refractivity contribution in [3.63, 3.8) is 0 Å². The molecule has 1 spiro atoms. The van der Waals surface area contributed by atoms with Gasteiger partial charge in [0.2, 0.25) is 0 Å². The molecule has 1 nitrogen and oxygen atoms in total. The number of ether oxygens (including phenoxy) is 1. The molecule has 1 heteroatoms. The van der Waals surface area contributed by atoms with Gasteiger partial charge in [-0.1, -0.05) is 74.2 Å². The first-order valence-electron chi connectivity index (χ1n) is 8.78. The molecule has 2 aromatic carbocycles. The van der Waals surface area contributed by atoms with E-state index in [2.05, 4.69) is 48.5 Å². The van der Waals surface area contributed by atoms with Crippen molar-refractivity contribution in [2.45, 2.75) is 50.2 Å². The third-order valence-electron chi connectivity index (χ3n) is 6.01. The largest absolute Gasteiger partial charge is 0.361 e. The van der Waals surface area contributed by atoms with E-state index in [9.17, 15) is 0 Å². The first kappa shape index (κ1) is 12.9. The third-order valence-corrected chi connectivity index (χ3v) is 6.01. The van der Waals surface area contributed by atoms with E-state index >= 15 is 0 Å². The fourth-order valence-corrected chi connectivity index (χ4v) is 5.07. The number of hydrogen-bond donors (Lipinski definition) is 0. The Kier molecular flexibility index (Phi) is 2.75. The van der Waals surface area contributed by atoms with Gasteiger partial charge in [0, 0.05) is 5.92 Å². The highest BCUT2D eigenvalue weighted by atomic mass is 16.5. The summed E-state index contributed by atoms with van der Waals surface area (Å²) >= 11 is 0. The molecule has 0 radical (unpaired) electrons. The van der Waals surface area contributed by atoms with Crippen molar-refractivity contribution in [1.82, 2.24) is 0 Å². The second-order valence-corrected chi connectivity index (χ2v) is 7.08. The van der Waals surface area contributed by atoms with Crippen molar-refractivity contribution in [2.24, 2.45) is 5.92 Å². The molecular formula is C21H22O. The second kappa shape index (κ2) is 4.70. The van der Waals surface area contributed by atoms with Crippen LogP contribution in [0.3, 0.4) is 0 Å². The van der Waals surface area contributed by atoms with E-state index in [4.69, 9.17) is 4.74 Å². The molecule has 3 aliphatic rings. The highest BCUT2D eigenvalue weighted by Crippen LogP contribution is 2.62. The molecule has 1 aliphatic heterocycles. The van der Waals surface area contributed by atoms with Gasteiger partial charge in [-0.15, -0.1) is 0 Å². The van der Waals surface area contributed by atoms with Crippen LogP contribution >= 0.6 is 0 Å². The highest BCUT2D eigenvalue weighted by Gasteiger charge is 2.60. The Morgan fingerprint density at radius 3 is 2.00 bits per heavy atom. The van der Waals surface area contributed by atoms with Gasteiger partial charge in [-0.05, 0) is 35.1 Å². The van der Waals surface area contributed by atoms with E-state index in [1.54, 1.807) is 0 Å². The Morgan fingerprint density at radius 1 is 0.727 bits per heavy atom. The lowest BCUT2D eigenvalue weighted by Crippen LogP contribution is -2.57. The highest BCUT2D eigenvalue weighted by molar-refractivity contribution is 5.81. The summed E-state index contributed by atoms with van der Waals surface area (Å²) in [5.74, 6) is 0.664. The Hall–Kier alpha value is -1.60. The van der Waals surface area contributed by atoms with E-state index in [0.717, 1.165) is 0 Å². The van der Waals surface area contributed by atoms with E-state index in [1.807, 2.05) is 0 Å². The van der Waals surface area contributed by atoms with Crippen LogP contribution in [-0.2, 0) is 10.3 Å². The van der Waals surface area contributed by atoms with Gasteiger partial charge in [0.15, 0.2) is 0 Å². The minimum atomic E-state index is -0.144. The van der Waals surface area contributed by atoms with Gasteiger partial charge < -0.3 is 4.74 Å². The van der Waals surface area contributed by atoms with Crippen LogP contribution in [0.1, 0.15) is 49.7 Å². The summed E-state index contributed by atoms with van der Waals surface area (Å²) in [5.41, 5.74) is 5.46. The molecule has 1 saturated heterocycles. The van der Waals surface area contributed by atoms with Crippen molar-refractivity contribution >= 4 is 0 Å². The molecule has 1 saturated carbocycles. The maximum Gasteiger partial charge on any atom is 0.125 e. The van der Waals surface area contributed by atoms with Gasteiger partial charge in [-0.2, -0.15) is 0 Å². The van der Waals surface area contributed by atoms with Gasteiger partial charge in [0.25, 0.3) is 0 Å². The van der Waals surface area contributed by atoms with Crippen molar-refractivity contribution in [3.8, 4) is 11.1 Å². The van der Waals surface area contributed by atoms with Gasteiger partial charge in [0.05, 0.1) is 6.10 Å². The molecule has 0 N–H and O–H groups in total. The van der Waals surface area contributed by atoms with E-state index in [1.165, 1.54) is 60.8 Å². The van der Waals surface area contributed by atoms with Gasteiger partial charge >= 0.3 is 0 Å². The number of fused-ring (bicyclic) bond motifs is 7. The minimum Gasteiger partial charge on any atom is -0.361 e. The zero-order chi connectivity index (χ0) is 14.6. The Labute approximate surface area is 132 Å². The molecule has 2 atom stereocenters. The summed E-state index contributed by atoms with van der Waals surface area (Å²) in [4.78, 5) is 0. The fraction of sp³-hybridized carbons (Fsp3) is 0.429. The van der Waals surface area contributed by atoms with E-state index < -0.39 is 0 Å². The zero-order valence-corrected chi connectivity index (χ0v) is 12.9. The monoisotopic (exact) mass is 290 g/mol. The summed E-state index contributed by atoms with van der Waals surface area (Å²) in [7, 11) is 0. The molecule has 0 aromatic heterocycles. The molecule has 2 fully saturated rings. The first-order valence-corrected chi connectivity index (χ1v) is 8.78. The maximum absolute atomic E-state index is 6.68. The smallest absolute Gasteiger partial charge is 0.125 e. The molecule has 0 amide bonds. The number of benzene rings is 2. The van der Waals surface area contributed by atoms with E-state index in [-0.39, 0.29) is 5.60 Å². The van der Waals surface area contributed by atoms with Crippen LogP contribution in [0.25, 0.3) is 11.1 Å². The van der Waals surface area contributed by atoms with Crippen molar-refractivity contribution in [1.29, 1.82) is 0 Å². The Bertz CT molecular complexity index is 672. The summed E-state index contributed by atoms with van der Waals surface area (Å²) in [6.07, 6.45) is 8.50. The summed E-state index contributed by atoms with van der Waals surface area (Å²) in [6.45, 7) is 0. The van der Waals surface area contributed by atoms with Crippen molar-refractivity contribution in [3.05, 3.63) is 59.7 Å². The predicted molar refractivity (Wildman–Crippen MR) is 88.7 cm³/mol. The van der Waals surface area contributed by atoms with Crippen LogP contribution in [0.2, 0.25) is 0 Å². The molecule has 22 heavy (non-hydrogen) atoms. The predicted octanol–water partition coefficient (Wildman–Crippen LogP) is 5.28. The normalized spacial score (nSPS) is 28.0. The maximum atomic E-state index is 6.68. The van der Waals surface area contributed by atoms with Gasteiger partial charge in [-0.25, -0.2) is 0 Å². The van der Waals surface area contributed by atoms with E-state index in [0.29, 0.717) is 12.0 Å². The lowest BCUT2D eigenvalue weighted by molar-refractivity contribution is -0.250. The molecule has 5 rings (SSSR count). The topological polar surface area (TPSA) is 9.23 Å². The fourth-order valence-electron chi connectivity index (χ4n) is 5.07. The lowest BCUT2D eigenvalue weighted by atomic mass is 9.67. The SMILES string of the molecule is c1ccc2c(c1)-c1ccccc1C21O[C@@H]2CCCCCC[C@H]21. The Morgan fingerprint density at radius 2 is 1.32 bits per heavy atom. The van der Waals surface area contributed by atoms with Crippen LogP contribution in [0.4, 0.5) is 0 Å². The second-order valence-electron chi connectivity index (χ2n) is 7.08. The van der Waals surface area contributed by atoms with Gasteiger partial charge in [0.1, 0.15) is 5.60 Å². The molecule has 112 valence electrons. The molecular weight excluding hydrogens is 268 g/mol. The molecule has 0 unspecified atom stereocenters. The van der Waals surface area contributed by atoms with Crippen LogP contribution < -0.4 is 0 Å². The average Bonchev–Trinajstić information content (AvgIpc) is 2.84. The molecule has 1 heterocycles. The minimum absolute atomic E-state index is 0.144. The number of rotatable bonds is 0. The van der Waals surface area contributed by atoms with Crippen LogP contribution in [0, 0.1) is 5.92 Å². The summed E-state index contributed by atoms with van der Waals surface area (Å²) in [6, 6.07) is 17.8. The zero-order valence-electron chi connectivity index (χ0n) is 12.9. The van der Waals surface area contributed by atoms with Crippen molar-refractivity contribution < 1.29 is 4.74 Å².